The second-order valence-electron chi connectivity index (χ2n) is 4.16. The molecule has 0 aliphatic heterocycles. The molecular formula is C14H21Se. The van der Waals surface area contributed by atoms with Crippen LogP contribution in [-0.4, -0.2) is 16.0 Å². The van der Waals surface area contributed by atoms with Crippen LogP contribution in [0.3, 0.4) is 0 Å². The van der Waals surface area contributed by atoms with E-state index in [4.69, 9.17) is 0 Å². The van der Waals surface area contributed by atoms with E-state index in [0.29, 0.717) is 0 Å². The van der Waals surface area contributed by atoms with Gasteiger partial charge in [0.1, 0.15) is 0 Å². The third kappa shape index (κ3) is 6.02. The van der Waals surface area contributed by atoms with E-state index in [1.54, 1.807) is 0 Å². The van der Waals surface area contributed by atoms with Crippen molar-refractivity contribution >= 4 is 20.5 Å². The van der Waals surface area contributed by atoms with Gasteiger partial charge in [-0.05, 0) is 0 Å². The Labute approximate surface area is 102 Å². The predicted octanol–water partition coefficient (Wildman–Crippen LogP) is 3.38. The summed E-state index contributed by atoms with van der Waals surface area (Å²) in [5.41, 5.74) is 1.48. The zero-order valence-corrected chi connectivity index (χ0v) is 11.4. The number of benzene rings is 1. The van der Waals surface area contributed by atoms with E-state index in [0.717, 1.165) is 0 Å². The SMILES string of the molecule is CCCCCCCCc1ccc([Se])cc1. The summed E-state index contributed by atoms with van der Waals surface area (Å²) in [6, 6.07) is 8.79. The van der Waals surface area contributed by atoms with E-state index >= 15 is 0 Å². The number of rotatable bonds is 7. The van der Waals surface area contributed by atoms with E-state index < -0.39 is 0 Å². The van der Waals surface area contributed by atoms with Crippen molar-refractivity contribution < 1.29 is 0 Å². The normalized spacial score (nSPS) is 10.5. The van der Waals surface area contributed by atoms with Crippen molar-refractivity contribution in [2.75, 3.05) is 0 Å². The average molecular weight is 268 g/mol. The van der Waals surface area contributed by atoms with Crippen LogP contribution in [-0.2, 0) is 6.42 Å². The van der Waals surface area contributed by atoms with Gasteiger partial charge in [-0.2, -0.15) is 0 Å². The molecule has 0 amide bonds. The molecule has 1 aromatic carbocycles. The summed E-state index contributed by atoms with van der Waals surface area (Å²) in [5, 5.41) is 0. The molecule has 0 nitrogen and oxygen atoms in total. The van der Waals surface area contributed by atoms with Gasteiger partial charge in [0.2, 0.25) is 0 Å². The van der Waals surface area contributed by atoms with Crippen molar-refractivity contribution in [3.05, 3.63) is 29.8 Å². The first-order valence-electron chi connectivity index (χ1n) is 6.09. The monoisotopic (exact) mass is 269 g/mol. The fourth-order valence-corrected chi connectivity index (χ4v) is 2.05. The van der Waals surface area contributed by atoms with Gasteiger partial charge in [0.25, 0.3) is 0 Å². The number of hydrogen-bond donors (Lipinski definition) is 0. The van der Waals surface area contributed by atoms with Gasteiger partial charge in [-0.3, -0.25) is 0 Å². The molecule has 1 rings (SSSR count). The van der Waals surface area contributed by atoms with Crippen molar-refractivity contribution in [1.29, 1.82) is 0 Å². The van der Waals surface area contributed by atoms with Crippen LogP contribution in [0.2, 0.25) is 0 Å². The van der Waals surface area contributed by atoms with Gasteiger partial charge < -0.3 is 0 Å². The Balaban J connectivity index is 2.07. The molecule has 0 aliphatic carbocycles. The average Bonchev–Trinajstić information content (AvgIpc) is 2.26. The molecule has 1 aromatic rings. The molecule has 83 valence electrons. The van der Waals surface area contributed by atoms with Gasteiger partial charge in [0, 0.05) is 0 Å². The minimum atomic E-state index is 1.24. The minimum absolute atomic E-state index is 1.24. The summed E-state index contributed by atoms with van der Waals surface area (Å²) in [4.78, 5) is 0. The topological polar surface area (TPSA) is 0 Å². The Hall–Kier alpha value is -0.261. The Morgan fingerprint density at radius 2 is 1.47 bits per heavy atom. The molecule has 0 unspecified atom stereocenters. The Morgan fingerprint density at radius 3 is 2.13 bits per heavy atom. The van der Waals surface area contributed by atoms with Crippen LogP contribution in [0.4, 0.5) is 0 Å². The Kier molecular flexibility index (Phi) is 6.79. The van der Waals surface area contributed by atoms with E-state index in [1.165, 1.54) is 55.0 Å². The van der Waals surface area contributed by atoms with Crippen LogP contribution in [0.25, 0.3) is 0 Å². The quantitative estimate of drug-likeness (QED) is 0.525. The summed E-state index contributed by atoms with van der Waals surface area (Å²) in [7, 11) is 0. The standard InChI is InChI=1S/C14H21Se/c1-2-3-4-5-6-7-8-13-9-11-14(15)12-10-13/h9-12H,2-8H2,1H3. The molecule has 0 heterocycles. The van der Waals surface area contributed by atoms with E-state index in [1.807, 2.05) is 0 Å². The van der Waals surface area contributed by atoms with Crippen molar-refractivity contribution in [2.24, 2.45) is 0 Å². The summed E-state index contributed by atoms with van der Waals surface area (Å²) < 4.78 is 1.24. The summed E-state index contributed by atoms with van der Waals surface area (Å²) >= 11 is 3.02. The molecule has 0 saturated carbocycles. The molecule has 0 spiro atoms. The molecule has 1 heteroatoms. The summed E-state index contributed by atoms with van der Waals surface area (Å²) in [6.45, 7) is 2.27. The molecule has 0 aliphatic rings. The molecule has 0 aromatic heterocycles. The molecule has 0 saturated heterocycles. The maximum atomic E-state index is 3.02. The van der Waals surface area contributed by atoms with E-state index in [-0.39, 0.29) is 0 Å². The van der Waals surface area contributed by atoms with Crippen LogP contribution in [0.1, 0.15) is 51.0 Å². The molecule has 0 atom stereocenters. The zero-order chi connectivity index (χ0) is 10.9. The first kappa shape index (κ1) is 12.8. The fourth-order valence-electron chi connectivity index (χ4n) is 1.77. The van der Waals surface area contributed by atoms with Gasteiger partial charge in [-0.1, -0.05) is 0 Å². The van der Waals surface area contributed by atoms with E-state index in [9.17, 15) is 0 Å². The summed E-state index contributed by atoms with van der Waals surface area (Å²) in [6.07, 6.45) is 9.55. The fraction of sp³-hybridized carbons (Fsp3) is 0.571. The van der Waals surface area contributed by atoms with Crippen molar-refractivity contribution in [2.45, 2.75) is 51.9 Å². The molecular weight excluding hydrogens is 247 g/mol. The van der Waals surface area contributed by atoms with Gasteiger partial charge in [0.15, 0.2) is 0 Å². The van der Waals surface area contributed by atoms with Crippen LogP contribution in [0.5, 0.6) is 0 Å². The zero-order valence-electron chi connectivity index (χ0n) is 9.67. The second-order valence-corrected chi connectivity index (χ2v) is 5.15. The molecule has 0 N–H and O–H groups in total. The number of unbranched alkanes of at least 4 members (excludes halogenated alkanes) is 5. The second kappa shape index (κ2) is 7.96. The van der Waals surface area contributed by atoms with Crippen molar-refractivity contribution in [3.63, 3.8) is 0 Å². The maximum absolute atomic E-state index is 3.02. The third-order valence-corrected chi connectivity index (χ3v) is 3.31. The van der Waals surface area contributed by atoms with Gasteiger partial charge in [0.05, 0.1) is 0 Å². The number of aryl methyl sites for hydroxylation is 1. The molecule has 0 fully saturated rings. The third-order valence-electron chi connectivity index (χ3n) is 2.74. The van der Waals surface area contributed by atoms with Crippen LogP contribution in [0.15, 0.2) is 24.3 Å². The first-order chi connectivity index (χ1) is 7.33. The van der Waals surface area contributed by atoms with Crippen LogP contribution in [0, 0.1) is 0 Å². The Bertz CT molecular complexity index is 251. The van der Waals surface area contributed by atoms with Gasteiger partial charge >= 0.3 is 102 Å². The van der Waals surface area contributed by atoms with Gasteiger partial charge in [-0.25, -0.2) is 0 Å². The molecule has 0 bridgehead atoms. The summed E-state index contributed by atoms with van der Waals surface area (Å²) in [5.74, 6) is 0. The van der Waals surface area contributed by atoms with Crippen LogP contribution < -0.4 is 4.46 Å². The van der Waals surface area contributed by atoms with Crippen LogP contribution >= 0.6 is 0 Å². The molecule has 1 radical (unpaired) electrons. The van der Waals surface area contributed by atoms with Crippen molar-refractivity contribution in [1.82, 2.24) is 0 Å². The number of hydrogen-bond acceptors (Lipinski definition) is 0. The van der Waals surface area contributed by atoms with Crippen molar-refractivity contribution in [3.8, 4) is 0 Å². The van der Waals surface area contributed by atoms with E-state index in [2.05, 4.69) is 47.2 Å². The first-order valence-corrected chi connectivity index (χ1v) is 6.94. The van der Waals surface area contributed by atoms with Gasteiger partial charge in [-0.15, -0.1) is 0 Å². The Morgan fingerprint density at radius 1 is 0.867 bits per heavy atom. The predicted molar refractivity (Wildman–Crippen MR) is 68.9 cm³/mol. The molecule has 15 heavy (non-hydrogen) atoms.